The minimum atomic E-state index is -0.120. The molecule has 27 heavy (non-hydrogen) atoms. The summed E-state index contributed by atoms with van der Waals surface area (Å²) in [4.78, 5) is 22.9. The molecule has 0 atom stereocenters. The lowest BCUT2D eigenvalue weighted by molar-refractivity contribution is 0.0951. The average Bonchev–Trinajstić information content (AvgIpc) is 3.24. The second kappa shape index (κ2) is 7.18. The van der Waals surface area contributed by atoms with Gasteiger partial charge in [-0.05, 0) is 19.1 Å². The number of carbonyl (C=O) groups is 1. The van der Waals surface area contributed by atoms with Gasteiger partial charge in [0.15, 0.2) is 11.6 Å². The molecule has 1 N–H and O–H groups in total. The second-order valence-corrected chi connectivity index (χ2v) is 6.47. The van der Waals surface area contributed by atoms with Crippen LogP contribution in [0.25, 0.3) is 11.5 Å². The van der Waals surface area contributed by atoms with Gasteiger partial charge in [-0.25, -0.2) is 9.97 Å². The summed E-state index contributed by atoms with van der Waals surface area (Å²) in [6.07, 6.45) is 6.22. The Morgan fingerprint density at radius 2 is 2.11 bits per heavy atom. The molecule has 3 aromatic heterocycles. The molecule has 0 spiro atoms. The smallest absolute Gasteiger partial charge is 0.271 e. The fraction of sp³-hybridized carbons (Fsp3) is 0.389. The molecule has 0 radical (unpaired) electrons. The Morgan fingerprint density at radius 1 is 1.22 bits per heavy atom. The van der Waals surface area contributed by atoms with Crippen molar-refractivity contribution < 1.29 is 4.79 Å². The van der Waals surface area contributed by atoms with E-state index in [0.717, 1.165) is 49.2 Å². The number of hydrogen-bond donors (Lipinski definition) is 1. The van der Waals surface area contributed by atoms with Crippen molar-refractivity contribution in [1.82, 2.24) is 34.6 Å². The highest BCUT2D eigenvalue weighted by molar-refractivity contribution is 5.92. The molecular formula is C18H22N8O. The number of amides is 1. The van der Waals surface area contributed by atoms with Crippen LogP contribution in [0.3, 0.4) is 0 Å². The Hall–Kier alpha value is -3.23. The van der Waals surface area contributed by atoms with Crippen LogP contribution < -0.4 is 10.2 Å². The quantitative estimate of drug-likeness (QED) is 0.737. The first-order chi connectivity index (χ1) is 13.2. The van der Waals surface area contributed by atoms with Crippen LogP contribution in [-0.2, 0) is 20.0 Å². The molecular weight excluding hydrogens is 344 g/mol. The molecule has 9 nitrogen and oxygen atoms in total. The number of fused-ring (bicyclic) bond motifs is 1. The average molecular weight is 366 g/mol. The maximum atomic E-state index is 12.0. The van der Waals surface area contributed by atoms with E-state index in [1.165, 1.54) is 0 Å². The highest BCUT2D eigenvalue weighted by Gasteiger charge is 2.20. The second-order valence-electron chi connectivity index (χ2n) is 6.47. The summed E-state index contributed by atoms with van der Waals surface area (Å²) < 4.78 is 3.97. The molecule has 3 aromatic rings. The molecule has 0 fully saturated rings. The van der Waals surface area contributed by atoms with E-state index in [9.17, 15) is 4.79 Å². The number of nitrogens with zero attached hydrogens (tertiary/aromatic N) is 7. The van der Waals surface area contributed by atoms with Crippen molar-refractivity contribution in [3.05, 3.63) is 42.2 Å². The Balaban J connectivity index is 1.46. The van der Waals surface area contributed by atoms with E-state index in [1.807, 2.05) is 43.1 Å². The van der Waals surface area contributed by atoms with E-state index in [1.54, 1.807) is 6.20 Å². The maximum Gasteiger partial charge on any atom is 0.271 e. The van der Waals surface area contributed by atoms with Crippen molar-refractivity contribution in [2.45, 2.75) is 19.9 Å². The number of imidazole rings is 2. The number of carbonyl (C=O) groups excluding carboxylic acids is 1. The first kappa shape index (κ1) is 17.2. The van der Waals surface area contributed by atoms with Crippen LogP contribution in [0.4, 0.5) is 5.82 Å². The van der Waals surface area contributed by atoms with Crippen molar-refractivity contribution in [2.75, 3.05) is 24.5 Å². The zero-order valence-electron chi connectivity index (χ0n) is 15.5. The molecule has 1 amide bonds. The van der Waals surface area contributed by atoms with Crippen molar-refractivity contribution >= 4 is 11.7 Å². The third kappa shape index (κ3) is 3.40. The van der Waals surface area contributed by atoms with Gasteiger partial charge in [0.1, 0.15) is 17.2 Å². The van der Waals surface area contributed by atoms with Gasteiger partial charge in [-0.2, -0.15) is 0 Å². The van der Waals surface area contributed by atoms with Crippen molar-refractivity contribution in [3.63, 3.8) is 0 Å². The summed E-state index contributed by atoms with van der Waals surface area (Å²) >= 11 is 0. The normalized spacial score (nSPS) is 13.9. The van der Waals surface area contributed by atoms with E-state index in [-0.39, 0.29) is 5.91 Å². The topological polar surface area (TPSA) is 93.8 Å². The number of aromatic nitrogens is 6. The number of anilines is 1. The highest BCUT2D eigenvalue weighted by atomic mass is 16.1. The fourth-order valence-electron chi connectivity index (χ4n) is 3.24. The van der Waals surface area contributed by atoms with Crippen LogP contribution >= 0.6 is 0 Å². The van der Waals surface area contributed by atoms with Crippen LogP contribution in [0.1, 0.15) is 23.2 Å². The van der Waals surface area contributed by atoms with Gasteiger partial charge >= 0.3 is 0 Å². The van der Waals surface area contributed by atoms with E-state index in [0.29, 0.717) is 12.2 Å². The van der Waals surface area contributed by atoms with Gasteiger partial charge < -0.3 is 19.4 Å². The molecule has 0 saturated heterocycles. The molecule has 4 heterocycles. The van der Waals surface area contributed by atoms with Gasteiger partial charge in [0.05, 0.1) is 0 Å². The maximum absolute atomic E-state index is 12.0. The number of rotatable bonds is 4. The van der Waals surface area contributed by atoms with E-state index in [2.05, 4.69) is 34.9 Å². The van der Waals surface area contributed by atoms with E-state index in [4.69, 9.17) is 0 Å². The summed E-state index contributed by atoms with van der Waals surface area (Å²) in [5, 5.41) is 11.5. The third-order valence-corrected chi connectivity index (χ3v) is 4.67. The first-order valence-corrected chi connectivity index (χ1v) is 9.06. The molecule has 0 aliphatic carbocycles. The number of hydrogen-bond acceptors (Lipinski definition) is 6. The van der Waals surface area contributed by atoms with Gasteiger partial charge in [-0.3, -0.25) is 4.79 Å². The minimum absolute atomic E-state index is 0.120. The third-order valence-electron chi connectivity index (χ3n) is 4.67. The monoisotopic (exact) mass is 366 g/mol. The molecule has 0 aromatic carbocycles. The summed E-state index contributed by atoms with van der Waals surface area (Å²) in [5.74, 6) is 2.44. The van der Waals surface area contributed by atoms with Crippen LogP contribution in [0.2, 0.25) is 0 Å². The van der Waals surface area contributed by atoms with Crippen molar-refractivity contribution in [3.8, 4) is 11.5 Å². The Kier molecular flexibility index (Phi) is 4.57. The summed E-state index contributed by atoms with van der Waals surface area (Å²) in [5.41, 5.74) is 1.24. The zero-order chi connectivity index (χ0) is 18.8. The number of aryl methyl sites for hydroxylation is 1. The van der Waals surface area contributed by atoms with E-state index >= 15 is 0 Å². The predicted octanol–water partition coefficient (Wildman–Crippen LogP) is 0.886. The van der Waals surface area contributed by atoms with Crippen molar-refractivity contribution in [1.29, 1.82) is 0 Å². The summed E-state index contributed by atoms with van der Waals surface area (Å²) in [7, 11) is 1.93. The van der Waals surface area contributed by atoms with Gasteiger partial charge in [-0.1, -0.05) is 0 Å². The zero-order valence-corrected chi connectivity index (χ0v) is 15.5. The first-order valence-electron chi connectivity index (χ1n) is 9.06. The van der Waals surface area contributed by atoms with Crippen LogP contribution in [0, 0.1) is 0 Å². The lowest BCUT2D eigenvalue weighted by Crippen LogP contribution is -2.28. The van der Waals surface area contributed by atoms with Gasteiger partial charge in [0.2, 0.25) is 0 Å². The largest absolute Gasteiger partial charge is 0.353 e. The van der Waals surface area contributed by atoms with Gasteiger partial charge in [0.25, 0.3) is 5.91 Å². The van der Waals surface area contributed by atoms with Crippen LogP contribution in [0.5, 0.6) is 0 Å². The van der Waals surface area contributed by atoms with Crippen LogP contribution in [-0.4, -0.2) is 54.8 Å². The Labute approximate surface area is 157 Å². The van der Waals surface area contributed by atoms with Crippen LogP contribution in [0.15, 0.2) is 30.7 Å². The molecule has 0 unspecified atom stereocenters. The van der Waals surface area contributed by atoms with Crippen molar-refractivity contribution in [2.24, 2.45) is 7.05 Å². The Bertz CT molecular complexity index is 917. The van der Waals surface area contributed by atoms with E-state index < -0.39 is 0 Å². The minimum Gasteiger partial charge on any atom is -0.353 e. The molecule has 0 saturated carbocycles. The predicted molar refractivity (Wildman–Crippen MR) is 100 cm³/mol. The lowest BCUT2D eigenvalue weighted by atomic mass is 10.3. The molecule has 9 heteroatoms. The molecule has 1 aliphatic rings. The van der Waals surface area contributed by atoms with Gasteiger partial charge in [-0.15, -0.1) is 10.2 Å². The molecule has 0 bridgehead atoms. The lowest BCUT2D eigenvalue weighted by Gasteiger charge is -2.20. The fourth-order valence-corrected chi connectivity index (χ4v) is 3.24. The molecule has 140 valence electrons. The highest BCUT2D eigenvalue weighted by Crippen LogP contribution is 2.19. The summed E-state index contributed by atoms with van der Waals surface area (Å²) in [6.45, 7) is 4.82. The standard InChI is InChI=1S/C18H22N8O/c1-3-19-18(27)14-12-26-11-10-25(8-6-15(26)21-14)16-5-4-13(22-23-16)17-20-7-9-24(17)2/h4-5,7,9,12H,3,6,8,10-11H2,1-2H3,(H,19,27). The Morgan fingerprint density at radius 3 is 2.81 bits per heavy atom. The number of nitrogens with one attached hydrogen (secondary N) is 1. The SMILES string of the molecule is CCNC(=O)c1cn2c(n1)CCN(c1ccc(-c3nccn3C)nn1)CC2. The molecule has 1 aliphatic heterocycles. The van der Waals surface area contributed by atoms with Gasteiger partial charge in [0, 0.05) is 58.2 Å². The molecule has 4 rings (SSSR count). The summed E-state index contributed by atoms with van der Waals surface area (Å²) in [6, 6.07) is 3.92.